The fraction of sp³-hybridized carbons (Fsp3) is 0.474. The molecule has 28 heavy (non-hydrogen) atoms. The van der Waals surface area contributed by atoms with Gasteiger partial charge >= 0.3 is 6.01 Å². The maximum atomic E-state index is 12.2. The van der Waals surface area contributed by atoms with E-state index in [4.69, 9.17) is 16.3 Å². The molecule has 3 rings (SSSR count). The van der Waals surface area contributed by atoms with Crippen LogP contribution in [0.1, 0.15) is 36.0 Å². The highest BCUT2D eigenvalue weighted by molar-refractivity contribution is 6.33. The number of methoxy groups -OCH3 is 1. The minimum atomic E-state index is -0.217. The van der Waals surface area contributed by atoms with Crippen LogP contribution in [0.5, 0.6) is 6.01 Å². The third-order valence-electron chi connectivity index (χ3n) is 4.49. The van der Waals surface area contributed by atoms with Gasteiger partial charge in [-0.25, -0.2) is 0 Å². The monoisotopic (exact) mass is 404 g/mol. The highest BCUT2D eigenvalue weighted by atomic mass is 35.5. The molecule has 0 atom stereocenters. The van der Waals surface area contributed by atoms with E-state index in [0.717, 1.165) is 25.9 Å². The van der Waals surface area contributed by atoms with E-state index in [1.165, 1.54) is 20.0 Å². The molecule has 0 aliphatic carbocycles. The van der Waals surface area contributed by atoms with Crippen molar-refractivity contribution < 1.29 is 9.53 Å². The molecule has 0 radical (unpaired) electrons. The first-order chi connectivity index (χ1) is 13.7. The van der Waals surface area contributed by atoms with E-state index in [1.54, 1.807) is 24.3 Å². The van der Waals surface area contributed by atoms with Crippen molar-refractivity contribution >= 4 is 29.4 Å². The van der Waals surface area contributed by atoms with Gasteiger partial charge in [0.1, 0.15) is 0 Å². The zero-order valence-corrected chi connectivity index (χ0v) is 16.7. The molecule has 1 saturated heterocycles. The number of carbonyl (C=O) groups is 1. The number of rotatable bonds is 7. The molecule has 1 aliphatic heterocycles. The van der Waals surface area contributed by atoms with Crippen molar-refractivity contribution in [2.45, 2.75) is 25.7 Å². The minimum absolute atomic E-state index is 0.217. The topological polar surface area (TPSA) is 92.3 Å². The molecule has 8 nitrogen and oxygen atoms in total. The Morgan fingerprint density at radius 3 is 2.57 bits per heavy atom. The van der Waals surface area contributed by atoms with Crippen LogP contribution in [0.4, 0.5) is 11.9 Å². The van der Waals surface area contributed by atoms with Crippen LogP contribution in [0, 0.1) is 0 Å². The van der Waals surface area contributed by atoms with Gasteiger partial charge in [0.15, 0.2) is 0 Å². The van der Waals surface area contributed by atoms with Gasteiger partial charge in [0, 0.05) is 26.2 Å². The van der Waals surface area contributed by atoms with Crippen molar-refractivity contribution in [3.05, 3.63) is 34.9 Å². The van der Waals surface area contributed by atoms with Crippen LogP contribution in [0.2, 0.25) is 5.02 Å². The number of carbonyl (C=O) groups excluding carboxylic acids is 1. The summed E-state index contributed by atoms with van der Waals surface area (Å²) < 4.78 is 5.22. The second-order valence-electron chi connectivity index (χ2n) is 6.51. The Balaban J connectivity index is 1.57. The van der Waals surface area contributed by atoms with Gasteiger partial charge < -0.3 is 20.3 Å². The van der Waals surface area contributed by atoms with E-state index in [0.29, 0.717) is 35.6 Å². The number of halogens is 1. The average molecular weight is 405 g/mol. The van der Waals surface area contributed by atoms with Gasteiger partial charge in [0.2, 0.25) is 11.9 Å². The van der Waals surface area contributed by atoms with Crippen LogP contribution < -0.4 is 20.3 Å². The second-order valence-corrected chi connectivity index (χ2v) is 6.92. The van der Waals surface area contributed by atoms with Crippen LogP contribution in [-0.4, -0.2) is 54.1 Å². The van der Waals surface area contributed by atoms with Crippen LogP contribution in [0.3, 0.4) is 0 Å². The van der Waals surface area contributed by atoms with E-state index < -0.39 is 0 Å². The van der Waals surface area contributed by atoms with E-state index in [2.05, 4.69) is 30.5 Å². The van der Waals surface area contributed by atoms with Crippen molar-refractivity contribution in [3.8, 4) is 6.01 Å². The first-order valence-electron chi connectivity index (χ1n) is 9.49. The predicted octanol–water partition coefficient (Wildman–Crippen LogP) is 2.76. The molecular weight excluding hydrogens is 380 g/mol. The Morgan fingerprint density at radius 1 is 1.11 bits per heavy atom. The summed E-state index contributed by atoms with van der Waals surface area (Å²) in [5.41, 5.74) is 0.453. The Kier molecular flexibility index (Phi) is 7.25. The molecule has 150 valence electrons. The lowest BCUT2D eigenvalue weighted by Crippen LogP contribution is -2.30. The lowest BCUT2D eigenvalue weighted by Gasteiger charge is -2.20. The van der Waals surface area contributed by atoms with Crippen LogP contribution in [0.25, 0.3) is 0 Å². The van der Waals surface area contributed by atoms with Gasteiger partial charge in [-0.1, -0.05) is 36.6 Å². The fourth-order valence-corrected chi connectivity index (χ4v) is 3.24. The highest BCUT2D eigenvalue weighted by Crippen LogP contribution is 2.19. The summed E-state index contributed by atoms with van der Waals surface area (Å²) in [5, 5.41) is 6.37. The van der Waals surface area contributed by atoms with Crippen molar-refractivity contribution in [3.63, 3.8) is 0 Å². The minimum Gasteiger partial charge on any atom is -0.467 e. The quantitative estimate of drug-likeness (QED) is 0.685. The molecule has 0 unspecified atom stereocenters. The largest absolute Gasteiger partial charge is 0.467 e. The Hall–Kier alpha value is -2.61. The number of amides is 1. The molecule has 9 heteroatoms. The van der Waals surface area contributed by atoms with Gasteiger partial charge in [-0.2, -0.15) is 15.0 Å². The lowest BCUT2D eigenvalue weighted by atomic mass is 10.2. The highest BCUT2D eigenvalue weighted by Gasteiger charge is 2.16. The standard InChI is InChI=1S/C19H25ClN6O2/c1-28-19-24-17(23-18(25-19)26-12-6-2-3-7-13-26)22-11-10-21-16(27)14-8-4-5-9-15(14)20/h4-5,8-9H,2-3,6-7,10-13H2,1H3,(H,21,27)(H,22,23,24,25). The Labute approximate surface area is 169 Å². The number of ether oxygens (including phenoxy) is 1. The van der Waals surface area contributed by atoms with Crippen LogP contribution >= 0.6 is 11.6 Å². The van der Waals surface area contributed by atoms with Gasteiger partial charge in [0.25, 0.3) is 5.91 Å². The smallest absolute Gasteiger partial charge is 0.322 e. The summed E-state index contributed by atoms with van der Waals surface area (Å²) in [6, 6.07) is 7.22. The molecular formula is C19H25ClN6O2. The fourth-order valence-electron chi connectivity index (χ4n) is 3.02. The Morgan fingerprint density at radius 2 is 1.86 bits per heavy atom. The zero-order chi connectivity index (χ0) is 19.8. The summed E-state index contributed by atoms with van der Waals surface area (Å²) in [7, 11) is 1.54. The van der Waals surface area contributed by atoms with Gasteiger partial charge in [-0.3, -0.25) is 4.79 Å². The van der Waals surface area contributed by atoms with E-state index in [9.17, 15) is 4.79 Å². The van der Waals surface area contributed by atoms with Crippen molar-refractivity contribution in [1.29, 1.82) is 0 Å². The number of hydrogen-bond donors (Lipinski definition) is 2. The molecule has 1 aliphatic rings. The first kappa shape index (κ1) is 20.1. The van der Waals surface area contributed by atoms with E-state index >= 15 is 0 Å². The SMILES string of the molecule is COc1nc(NCCNC(=O)c2ccccc2Cl)nc(N2CCCCCC2)n1. The van der Waals surface area contributed by atoms with Crippen molar-refractivity contribution in [2.75, 3.05) is 43.5 Å². The predicted molar refractivity (Wildman–Crippen MR) is 109 cm³/mol. The molecule has 1 aromatic carbocycles. The first-order valence-corrected chi connectivity index (χ1v) is 9.87. The van der Waals surface area contributed by atoms with E-state index in [1.807, 2.05) is 0 Å². The lowest BCUT2D eigenvalue weighted by molar-refractivity contribution is 0.0955. The molecule has 1 fully saturated rings. The Bertz CT molecular complexity index is 796. The summed E-state index contributed by atoms with van der Waals surface area (Å²) >= 11 is 6.04. The molecule has 1 aromatic heterocycles. The molecule has 2 aromatic rings. The van der Waals surface area contributed by atoms with Crippen LogP contribution in [0.15, 0.2) is 24.3 Å². The zero-order valence-electron chi connectivity index (χ0n) is 15.9. The molecule has 0 saturated carbocycles. The number of hydrogen-bond acceptors (Lipinski definition) is 7. The van der Waals surface area contributed by atoms with Gasteiger partial charge in [0.05, 0.1) is 17.7 Å². The average Bonchev–Trinajstić information content (AvgIpc) is 3.01. The number of anilines is 2. The van der Waals surface area contributed by atoms with Crippen molar-refractivity contribution in [2.24, 2.45) is 0 Å². The molecule has 0 bridgehead atoms. The van der Waals surface area contributed by atoms with Crippen molar-refractivity contribution in [1.82, 2.24) is 20.3 Å². The van der Waals surface area contributed by atoms with Gasteiger partial charge in [-0.05, 0) is 25.0 Å². The summed E-state index contributed by atoms with van der Waals surface area (Å²) in [6.45, 7) is 2.72. The number of benzene rings is 1. The third-order valence-corrected chi connectivity index (χ3v) is 4.82. The molecule has 1 amide bonds. The van der Waals surface area contributed by atoms with Gasteiger partial charge in [-0.15, -0.1) is 0 Å². The number of aromatic nitrogens is 3. The summed E-state index contributed by atoms with van der Waals surface area (Å²) in [4.78, 5) is 27.5. The maximum absolute atomic E-state index is 12.2. The normalized spacial score (nSPS) is 14.3. The molecule has 2 heterocycles. The summed E-state index contributed by atoms with van der Waals surface area (Å²) in [6.07, 6.45) is 4.72. The van der Waals surface area contributed by atoms with Crippen LogP contribution in [-0.2, 0) is 0 Å². The maximum Gasteiger partial charge on any atom is 0.322 e. The number of nitrogens with one attached hydrogen (secondary N) is 2. The number of nitrogens with zero attached hydrogens (tertiary/aromatic N) is 4. The molecule has 0 spiro atoms. The summed E-state index contributed by atoms with van der Waals surface area (Å²) in [5.74, 6) is 0.834. The second kappa shape index (κ2) is 10.1. The molecule has 2 N–H and O–H groups in total. The third kappa shape index (κ3) is 5.45. The van der Waals surface area contributed by atoms with E-state index in [-0.39, 0.29) is 11.9 Å².